The maximum Gasteiger partial charge on any atom is 0.0831 e. The number of fused-ring (bicyclic) bond motifs is 6. The van der Waals surface area contributed by atoms with E-state index >= 15 is 0 Å². The zero-order valence-electron chi connectivity index (χ0n) is 26.4. The normalized spacial score (nSPS) is 16.8. The van der Waals surface area contributed by atoms with Crippen LogP contribution in [0.5, 0.6) is 0 Å². The summed E-state index contributed by atoms with van der Waals surface area (Å²) in [6.07, 6.45) is 2.19. The van der Waals surface area contributed by atoms with Crippen LogP contribution in [0.4, 0.5) is 0 Å². The fourth-order valence-corrected chi connectivity index (χ4v) is 9.29. The first-order chi connectivity index (χ1) is 23.8. The molecular weight excluding hydrogens is 603 g/mol. The second-order valence-electron chi connectivity index (χ2n) is 13.1. The maximum absolute atomic E-state index is 6.79. The fraction of sp³-hybridized carbons (Fsp3) is 0.111. The predicted octanol–water partition coefficient (Wildman–Crippen LogP) is 12.8. The minimum absolute atomic E-state index is 0.0905. The van der Waals surface area contributed by atoms with E-state index in [-0.39, 0.29) is 6.10 Å². The van der Waals surface area contributed by atoms with E-state index in [9.17, 15) is 0 Å². The van der Waals surface area contributed by atoms with Crippen molar-refractivity contribution >= 4 is 64.8 Å². The lowest BCUT2D eigenvalue weighted by Gasteiger charge is -2.31. The minimum Gasteiger partial charge on any atom is -0.373 e. The van der Waals surface area contributed by atoms with Crippen LogP contribution in [-0.4, -0.2) is 11.6 Å². The number of H-pyrrole nitrogens is 1. The molecule has 7 aromatic carbocycles. The first-order valence-corrected chi connectivity index (χ1v) is 17.8. The molecule has 2 aromatic heterocycles. The number of nitrogens with one attached hydrogen (secondary N) is 1. The average Bonchev–Trinajstić information content (AvgIpc) is 3.76. The molecule has 0 amide bonds. The lowest BCUT2D eigenvalue weighted by atomic mass is 9.84. The molecule has 230 valence electrons. The first kappa shape index (κ1) is 27.9. The molecule has 1 aliphatic rings. The fourth-order valence-electron chi connectivity index (χ4n) is 8.19. The highest BCUT2D eigenvalue weighted by Crippen LogP contribution is 2.45. The molecule has 2 atom stereocenters. The Balaban J connectivity index is 0.975. The molecule has 1 aliphatic heterocycles. The van der Waals surface area contributed by atoms with Gasteiger partial charge >= 0.3 is 0 Å². The second-order valence-corrected chi connectivity index (χ2v) is 14.2. The maximum atomic E-state index is 6.79. The number of aromatic nitrogens is 1. The highest BCUT2D eigenvalue weighted by Gasteiger charge is 2.27. The lowest BCUT2D eigenvalue weighted by Crippen LogP contribution is -2.20. The van der Waals surface area contributed by atoms with E-state index in [0.29, 0.717) is 5.92 Å². The third-order valence-electron chi connectivity index (χ3n) is 10.5. The zero-order valence-corrected chi connectivity index (χ0v) is 27.3. The van der Waals surface area contributed by atoms with E-state index in [1.165, 1.54) is 86.1 Å². The third-order valence-corrected chi connectivity index (χ3v) is 11.7. The number of benzene rings is 7. The van der Waals surface area contributed by atoms with Gasteiger partial charge in [-0.2, -0.15) is 0 Å². The summed E-state index contributed by atoms with van der Waals surface area (Å²) in [5.41, 5.74) is 8.90. The Labute approximate surface area is 283 Å². The molecule has 48 heavy (non-hydrogen) atoms. The van der Waals surface area contributed by atoms with Crippen molar-refractivity contribution in [2.45, 2.75) is 24.9 Å². The molecule has 3 heterocycles. The van der Waals surface area contributed by atoms with Crippen molar-refractivity contribution in [3.63, 3.8) is 0 Å². The lowest BCUT2D eigenvalue weighted by molar-refractivity contribution is 0.00350. The number of para-hydroxylation sites is 2. The molecule has 9 aromatic rings. The van der Waals surface area contributed by atoms with Crippen molar-refractivity contribution in [3.05, 3.63) is 157 Å². The Bertz CT molecular complexity index is 2620. The van der Waals surface area contributed by atoms with Gasteiger partial charge in [0, 0.05) is 37.3 Å². The molecule has 2 unspecified atom stereocenters. The molecule has 0 aliphatic carbocycles. The van der Waals surface area contributed by atoms with E-state index in [0.717, 1.165) is 19.4 Å². The molecule has 0 spiro atoms. The smallest absolute Gasteiger partial charge is 0.0831 e. The van der Waals surface area contributed by atoms with Gasteiger partial charge in [0.05, 0.1) is 18.2 Å². The average molecular weight is 636 g/mol. The molecule has 1 N–H and O–H groups in total. The van der Waals surface area contributed by atoms with Crippen molar-refractivity contribution in [3.8, 4) is 21.6 Å². The number of hydrogen-bond acceptors (Lipinski definition) is 2. The summed E-state index contributed by atoms with van der Waals surface area (Å²) in [7, 11) is 0. The number of rotatable bonds is 4. The molecule has 1 fully saturated rings. The third kappa shape index (κ3) is 4.42. The van der Waals surface area contributed by atoms with Gasteiger partial charge in [-0.1, -0.05) is 127 Å². The second kappa shape index (κ2) is 11.2. The molecule has 3 heteroatoms. The van der Waals surface area contributed by atoms with Crippen LogP contribution in [-0.2, 0) is 4.74 Å². The van der Waals surface area contributed by atoms with Crippen molar-refractivity contribution in [2.24, 2.45) is 0 Å². The summed E-state index contributed by atoms with van der Waals surface area (Å²) in [6.45, 7) is 0.720. The van der Waals surface area contributed by atoms with Gasteiger partial charge in [-0.3, -0.25) is 0 Å². The van der Waals surface area contributed by atoms with Gasteiger partial charge in [0.2, 0.25) is 0 Å². The minimum atomic E-state index is 0.0905. The number of hydrogen-bond donors (Lipinski definition) is 1. The van der Waals surface area contributed by atoms with Crippen molar-refractivity contribution in [1.82, 2.24) is 4.98 Å². The van der Waals surface area contributed by atoms with Crippen molar-refractivity contribution in [1.29, 1.82) is 0 Å². The van der Waals surface area contributed by atoms with Gasteiger partial charge in [0.25, 0.3) is 0 Å². The Morgan fingerprint density at radius 1 is 0.521 bits per heavy atom. The number of aromatic amines is 1. The summed E-state index contributed by atoms with van der Waals surface area (Å²) in [4.78, 5) is 5.04. The van der Waals surface area contributed by atoms with E-state index in [4.69, 9.17) is 4.74 Å². The molecule has 0 radical (unpaired) electrons. The highest BCUT2D eigenvalue weighted by molar-refractivity contribution is 7.22. The van der Waals surface area contributed by atoms with Crippen LogP contribution < -0.4 is 0 Å². The molecular formula is C45H33NOS. The molecule has 1 saturated heterocycles. The topological polar surface area (TPSA) is 25.0 Å². The van der Waals surface area contributed by atoms with Gasteiger partial charge in [0.15, 0.2) is 0 Å². The van der Waals surface area contributed by atoms with Crippen LogP contribution in [0.15, 0.2) is 146 Å². The number of thiophene rings is 1. The van der Waals surface area contributed by atoms with Crippen LogP contribution in [0.25, 0.3) is 75.0 Å². The van der Waals surface area contributed by atoms with Crippen LogP contribution >= 0.6 is 11.3 Å². The van der Waals surface area contributed by atoms with E-state index in [1.807, 2.05) is 11.3 Å². The standard InChI is InChI=1S/C45H33NOS/c1-8-19-43-28(10-1)26-44(48-43)38-24-23-37(33-13-4-5-14-34(33)38)42-25-20-29(27-47-42)30-21-22-35(32-12-3-2-11-31(30)32)39-16-9-17-40-36-15-6-7-18-41(36)46-45(39)40/h1-19,21-24,26,29,42,46H,20,25,27H2. The Morgan fingerprint density at radius 2 is 1.19 bits per heavy atom. The molecule has 10 rings (SSSR count). The summed E-state index contributed by atoms with van der Waals surface area (Å²) >= 11 is 1.87. The summed E-state index contributed by atoms with van der Waals surface area (Å²) in [6, 6.07) is 53.4. The largest absolute Gasteiger partial charge is 0.373 e. The highest BCUT2D eigenvalue weighted by atomic mass is 32.1. The molecule has 0 saturated carbocycles. The van der Waals surface area contributed by atoms with Crippen LogP contribution in [0.1, 0.15) is 36.0 Å². The van der Waals surface area contributed by atoms with E-state index < -0.39 is 0 Å². The van der Waals surface area contributed by atoms with Crippen LogP contribution in [0, 0.1) is 0 Å². The Hall–Kier alpha value is -5.22. The molecule has 0 bridgehead atoms. The van der Waals surface area contributed by atoms with E-state index in [2.05, 4.69) is 151 Å². The van der Waals surface area contributed by atoms with Gasteiger partial charge < -0.3 is 9.72 Å². The summed E-state index contributed by atoms with van der Waals surface area (Å²) in [5, 5.41) is 9.08. The van der Waals surface area contributed by atoms with Crippen molar-refractivity contribution < 1.29 is 4.74 Å². The van der Waals surface area contributed by atoms with Gasteiger partial charge in [-0.05, 0) is 80.2 Å². The van der Waals surface area contributed by atoms with Gasteiger partial charge in [-0.25, -0.2) is 0 Å². The van der Waals surface area contributed by atoms with Crippen LogP contribution in [0.2, 0.25) is 0 Å². The number of ether oxygens (including phenoxy) is 1. The predicted molar refractivity (Wildman–Crippen MR) is 204 cm³/mol. The zero-order chi connectivity index (χ0) is 31.6. The van der Waals surface area contributed by atoms with Crippen LogP contribution in [0.3, 0.4) is 0 Å². The SMILES string of the molecule is c1ccc2sc(-c3ccc(C4CCC(c5ccc(-c6cccc7c6[nH]c6ccccc67)c6ccccc56)CO4)c4ccccc34)cc2c1. The molecule has 2 nitrogen and oxygen atoms in total. The first-order valence-electron chi connectivity index (χ1n) is 16.9. The van der Waals surface area contributed by atoms with Crippen molar-refractivity contribution in [2.75, 3.05) is 6.61 Å². The van der Waals surface area contributed by atoms with E-state index in [1.54, 1.807) is 0 Å². The Morgan fingerprint density at radius 3 is 2.00 bits per heavy atom. The van der Waals surface area contributed by atoms with Gasteiger partial charge in [-0.15, -0.1) is 11.3 Å². The monoisotopic (exact) mass is 635 g/mol. The van der Waals surface area contributed by atoms with Gasteiger partial charge in [0.1, 0.15) is 0 Å². The summed E-state index contributed by atoms with van der Waals surface area (Å²) in [5.74, 6) is 0.355. The quantitative estimate of drug-likeness (QED) is 0.204. The summed E-state index contributed by atoms with van der Waals surface area (Å²) < 4.78 is 8.12. The Kier molecular flexibility index (Phi) is 6.50.